The number of rotatable bonds is 2. The van der Waals surface area contributed by atoms with Gasteiger partial charge in [0.05, 0.1) is 4.88 Å². The summed E-state index contributed by atoms with van der Waals surface area (Å²) in [5.74, 6) is 0. The van der Waals surface area contributed by atoms with Crippen molar-refractivity contribution in [1.82, 2.24) is 0 Å². The highest BCUT2D eigenvalue weighted by Gasteiger charge is 2.07. The lowest BCUT2D eigenvalue weighted by Gasteiger charge is -1.83. The van der Waals surface area contributed by atoms with E-state index in [4.69, 9.17) is 0 Å². The van der Waals surface area contributed by atoms with Gasteiger partial charge >= 0.3 is 0 Å². The Balaban J connectivity index is 2.87. The molecule has 0 aliphatic heterocycles. The average Bonchev–Trinajstić information content (AvgIpc) is 2.31. The molecular formula is C9H14NS+. The van der Waals surface area contributed by atoms with Crippen molar-refractivity contribution in [3.8, 4) is 0 Å². The Morgan fingerprint density at radius 1 is 1.55 bits per heavy atom. The third kappa shape index (κ3) is 1.90. The molecule has 60 valence electrons. The van der Waals surface area contributed by atoms with E-state index in [1.807, 2.05) is 0 Å². The molecule has 0 radical (unpaired) electrons. The SMILES string of the molecule is CCC=C[n+]1csc(C)c1C. The second-order valence-electron chi connectivity index (χ2n) is 2.57. The van der Waals surface area contributed by atoms with Crippen LogP contribution in [0.2, 0.25) is 0 Å². The van der Waals surface area contributed by atoms with Crippen molar-refractivity contribution in [3.63, 3.8) is 0 Å². The standard InChI is InChI=1S/C9H14NS/c1-4-5-6-10-7-11-9(3)8(10)2/h5-7H,4H2,1-3H3/q+1. The molecule has 1 rings (SSSR count). The zero-order valence-corrected chi connectivity index (χ0v) is 8.11. The van der Waals surface area contributed by atoms with Crippen molar-refractivity contribution >= 4 is 17.5 Å². The Bertz CT molecular complexity index is 261. The molecule has 0 aliphatic carbocycles. The van der Waals surface area contributed by atoms with E-state index < -0.39 is 0 Å². The number of hydrogen-bond acceptors (Lipinski definition) is 1. The van der Waals surface area contributed by atoms with Crippen LogP contribution in [0.15, 0.2) is 11.6 Å². The highest BCUT2D eigenvalue weighted by atomic mass is 32.1. The summed E-state index contributed by atoms with van der Waals surface area (Å²) >= 11 is 1.79. The number of thiazole rings is 1. The van der Waals surface area contributed by atoms with Crippen molar-refractivity contribution in [2.45, 2.75) is 27.2 Å². The molecule has 0 saturated heterocycles. The summed E-state index contributed by atoms with van der Waals surface area (Å²) in [7, 11) is 0. The lowest BCUT2D eigenvalue weighted by molar-refractivity contribution is -0.570. The third-order valence-corrected chi connectivity index (χ3v) is 2.72. The van der Waals surface area contributed by atoms with Crippen LogP contribution in [-0.2, 0) is 0 Å². The topological polar surface area (TPSA) is 3.88 Å². The van der Waals surface area contributed by atoms with Crippen LogP contribution >= 0.6 is 11.3 Å². The molecule has 0 saturated carbocycles. The van der Waals surface area contributed by atoms with Gasteiger partial charge in [0.2, 0.25) is 5.51 Å². The monoisotopic (exact) mass is 168 g/mol. The van der Waals surface area contributed by atoms with E-state index in [1.54, 1.807) is 11.3 Å². The highest BCUT2D eigenvalue weighted by Crippen LogP contribution is 2.07. The smallest absolute Gasteiger partial charge is 0.161 e. The summed E-state index contributed by atoms with van der Waals surface area (Å²) in [6.45, 7) is 6.44. The van der Waals surface area contributed by atoms with Crippen LogP contribution in [0.1, 0.15) is 23.9 Å². The fourth-order valence-corrected chi connectivity index (χ4v) is 1.62. The van der Waals surface area contributed by atoms with E-state index in [9.17, 15) is 0 Å². The normalized spacial score (nSPS) is 11.2. The lowest BCUT2D eigenvalue weighted by atomic mass is 10.4. The maximum Gasteiger partial charge on any atom is 0.230 e. The van der Waals surface area contributed by atoms with Crippen LogP contribution in [-0.4, -0.2) is 0 Å². The molecule has 11 heavy (non-hydrogen) atoms. The molecule has 1 aromatic rings. The minimum atomic E-state index is 1.10. The summed E-state index contributed by atoms with van der Waals surface area (Å²) < 4.78 is 2.17. The Morgan fingerprint density at radius 2 is 2.27 bits per heavy atom. The van der Waals surface area contributed by atoms with Crippen LogP contribution in [0.4, 0.5) is 0 Å². The predicted molar refractivity (Wildman–Crippen MR) is 49.6 cm³/mol. The maximum absolute atomic E-state index is 2.17. The van der Waals surface area contributed by atoms with Gasteiger partial charge in [0.25, 0.3) is 0 Å². The Morgan fingerprint density at radius 3 is 2.73 bits per heavy atom. The van der Waals surface area contributed by atoms with Gasteiger partial charge in [-0.2, -0.15) is 4.57 Å². The Hall–Kier alpha value is -0.630. The van der Waals surface area contributed by atoms with E-state index in [1.165, 1.54) is 10.6 Å². The van der Waals surface area contributed by atoms with E-state index in [2.05, 4.69) is 43.1 Å². The first-order chi connectivity index (χ1) is 5.25. The first kappa shape index (κ1) is 8.47. The van der Waals surface area contributed by atoms with Gasteiger partial charge in [-0.05, 0) is 19.4 Å². The molecule has 0 unspecified atom stereocenters. The van der Waals surface area contributed by atoms with Gasteiger partial charge in [0.15, 0.2) is 11.9 Å². The molecule has 2 heteroatoms. The van der Waals surface area contributed by atoms with Crippen molar-refractivity contribution in [3.05, 3.63) is 22.2 Å². The second-order valence-corrected chi connectivity index (χ2v) is 3.62. The molecule has 0 fully saturated rings. The van der Waals surface area contributed by atoms with Gasteiger partial charge < -0.3 is 0 Å². The van der Waals surface area contributed by atoms with Crippen LogP contribution in [0.3, 0.4) is 0 Å². The minimum absolute atomic E-state index is 1.10. The third-order valence-electron chi connectivity index (χ3n) is 1.74. The number of nitrogens with zero attached hydrogens (tertiary/aromatic N) is 1. The molecule has 1 nitrogen and oxygen atoms in total. The van der Waals surface area contributed by atoms with Gasteiger partial charge in [0, 0.05) is 6.92 Å². The fourth-order valence-electron chi connectivity index (χ4n) is 0.848. The van der Waals surface area contributed by atoms with Crippen molar-refractivity contribution in [2.75, 3.05) is 0 Å². The lowest BCUT2D eigenvalue weighted by Crippen LogP contribution is -2.25. The van der Waals surface area contributed by atoms with E-state index >= 15 is 0 Å². The number of aryl methyl sites for hydroxylation is 1. The largest absolute Gasteiger partial charge is 0.230 e. The van der Waals surface area contributed by atoms with Gasteiger partial charge in [-0.1, -0.05) is 18.3 Å². The van der Waals surface area contributed by atoms with Gasteiger partial charge in [-0.15, -0.1) is 0 Å². The maximum atomic E-state index is 2.17. The van der Waals surface area contributed by atoms with E-state index in [-0.39, 0.29) is 0 Å². The molecule has 0 amide bonds. The molecule has 0 aromatic carbocycles. The van der Waals surface area contributed by atoms with Crippen LogP contribution in [0.5, 0.6) is 0 Å². The summed E-state index contributed by atoms with van der Waals surface area (Å²) in [5, 5.41) is 0. The van der Waals surface area contributed by atoms with Gasteiger partial charge in [-0.3, -0.25) is 0 Å². The quantitative estimate of drug-likeness (QED) is 0.597. The van der Waals surface area contributed by atoms with Gasteiger partial charge in [0.1, 0.15) is 0 Å². The summed E-state index contributed by atoms with van der Waals surface area (Å²) in [6.07, 6.45) is 5.39. The zero-order chi connectivity index (χ0) is 8.27. The second kappa shape index (κ2) is 3.67. The summed E-state index contributed by atoms with van der Waals surface area (Å²) in [4.78, 5) is 1.39. The Kier molecular flexibility index (Phi) is 2.83. The molecule has 0 atom stereocenters. The first-order valence-electron chi connectivity index (χ1n) is 3.88. The summed E-state index contributed by atoms with van der Waals surface area (Å²) in [5.41, 5.74) is 3.48. The summed E-state index contributed by atoms with van der Waals surface area (Å²) in [6, 6.07) is 0. The van der Waals surface area contributed by atoms with Crippen LogP contribution in [0, 0.1) is 13.8 Å². The molecule has 1 aromatic heterocycles. The molecule has 0 bridgehead atoms. The predicted octanol–water partition coefficient (Wildman–Crippen LogP) is 2.53. The first-order valence-corrected chi connectivity index (χ1v) is 4.76. The molecule has 0 spiro atoms. The van der Waals surface area contributed by atoms with E-state index in [0.717, 1.165) is 6.42 Å². The minimum Gasteiger partial charge on any atom is -0.161 e. The van der Waals surface area contributed by atoms with E-state index in [0.29, 0.717) is 0 Å². The average molecular weight is 168 g/mol. The van der Waals surface area contributed by atoms with Gasteiger partial charge in [-0.25, -0.2) is 0 Å². The number of hydrogen-bond donors (Lipinski definition) is 0. The number of aromatic nitrogens is 1. The molecule has 0 N–H and O–H groups in total. The van der Waals surface area contributed by atoms with Crippen molar-refractivity contribution < 1.29 is 4.57 Å². The zero-order valence-electron chi connectivity index (χ0n) is 7.29. The van der Waals surface area contributed by atoms with Crippen molar-refractivity contribution in [1.29, 1.82) is 0 Å². The molecular weight excluding hydrogens is 154 g/mol. The van der Waals surface area contributed by atoms with Crippen molar-refractivity contribution in [2.24, 2.45) is 0 Å². The number of allylic oxidation sites excluding steroid dienone is 1. The van der Waals surface area contributed by atoms with Crippen LogP contribution in [0.25, 0.3) is 6.20 Å². The Labute approximate surface area is 72.0 Å². The fraction of sp³-hybridized carbons (Fsp3) is 0.444. The highest BCUT2D eigenvalue weighted by molar-refractivity contribution is 7.09. The molecule has 1 heterocycles. The van der Waals surface area contributed by atoms with Crippen LogP contribution < -0.4 is 4.57 Å². The molecule has 0 aliphatic rings.